The van der Waals surface area contributed by atoms with Crippen molar-refractivity contribution >= 4 is 15.9 Å². The Morgan fingerprint density at radius 2 is 2.11 bits per heavy atom. The first-order valence-corrected chi connectivity index (χ1v) is 7.80. The number of nitrogens with one attached hydrogen (secondary N) is 1. The maximum Gasteiger partial charge on any atom is 0.265 e. The van der Waals surface area contributed by atoms with E-state index in [4.69, 9.17) is 4.74 Å². The van der Waals surface area contributed by atoms with Crippen molar-refractivity contribution in [3.63, 3.8) is 0 Å². The molecule has 1 fully saturated rings. The fraction of sp³-hybridized carbons (Fsp3) is 0.714. The molecule has 1 aliphatic carbocycles. The zero-order valence-corrected chi connectivity index (χ0v) is 13.1. The van der Waals surface area contributed by atoms with E-state index in [0.29, 0.717) is 22.8 Å². The van der Waals surface area contributed by atoms with Crippen LogP contribution in [0.2, 0.25) is 0 Å². The summed E-state index contributed by atoms with van der Waals surface area (Å²) in [5, 5.41) is 0. The van der Waals surface area contributed by atoms with Crippen LogP contribution in [0.15, 0.2) is 9.27 Å². The monoisotopic (exact) mass is 328 g/mol. The fourth-order valence-corrected chi connectivity index (χ4v) is 2.97. The molecule has 1 aromatic heterocycles. The minimum absolute atomic E-state index is 0.0789. The van der Waals surface area contributed by atoms with Gasteiger partial charge in [0.25, 0.3) is 5.56 Å². The Bertz CT molecular complexity index is 481. The summed E-state index contributed by atoms with van der Waals surface area (Å²) in [5.41, 5.74) is 0.599. The van der Waals surface area contributed by atoms with E-state index in [1.807, 2.05) is 13.8 Å². The molecule has 1 aromatic rings. The van der Waals surface area contributed by atoms with Crippen molar-refractivity contribution in [2.45, 2.75) is 52.1 Å². The van der Waals surface area contributed by atoms with Gasteiger partial charge in [-0.25, -0.2) is 4.98 Å². The zero-order chi connectivity index (χ0) is 13.8. The molecule has 0 radical (unpaired) electrons. The Labute approximate surface area is 122 Å². The molecule has 0 spiro atoms. The predicted molar refractivity (Wildman–Crippen MR) is 78.2 cm³/mol. The third-order valence-corrected chi connectivity index (χ3v) is 4.67. The van der Waals surface area contributed by atoms with Gasteiger partial charge >= 0.3 is 0 Å². The van der Waals surface area contributed by atoms with E-state index < -0.39 is 0 Å². The number of aromatic nitrogens is 2. The third-order valence-electron chi connectivity index (χ3n) is 3.74. The van der Waals surface area contributed by atoms with Gasteiger partial charge in [0.05, 0.1) is 5.69 Å². The van der Waals surface area contributed by atoms with Crippen LogP contribution in [0.4, 0.5) is 0 Å². The van der Waals surface area contributed by atoms with Crippen LogP contribution in [0, 0.1) is 12.8 Å². The summed E-state index contributed by atoms with van der Waals surface area (Å²) in [5.74, 6) is 1.15. The second kappa shape index (κ2) is 6.66. The van der Waals surface area contributed by atoms with Crippen molar-refractivity contribution in [1.82, 2.24) is 9.97 Å². The van der Waals surface area contributed by atoms with E-state index >= 15 is 0 Å². The van der Waals surface area contributed by atoms with Crippen LogP contribution >= 0.6 is 15.9 Å². The number of aromatic amines is 1. The SMILES string of the molecule is CCOC(c1nc(C)c(Br)c(=O)[nH]1)C1CCCCC1. The number of hydrogen-bond donors (Lipinski definition) is 1. The smallest absolute Gasteiger partial charge is 0.265 e. The molecule has 1 atom stereocenters. The largest absolute Gasteiger partial charge is 0.370 e. The first-order valence-electron chi connectivity index (χ1n) is 7.01. The zero-order valence-electron chi connectivity index (χ0n) is 11.5. The lowest BCUT2D eigenvalue weighted by Gasteiger charge is -2.29. The van der Waals surface area contributed by atoms with E-state index in [1.54, 1.807) is 0 Å². The standard InChI is InChI=1S/C14H21BrN2O2/c1-3-19-12(10-7-5-4-6-8-10)13-16-9(2)11(15)14(18)17-13/h10,12H,3-8H2,1-2H3,(H,16,17,18). The Kier molecular flexibility index (Phi) is 5.16. The number of rotatable bonds is 4. The van der Waals surface area contributed by atoms with E-state index in [2.05, 4.69) is 25.9 Å². The Hall–Kier alpha value is -0.680. The number of nitrogens with zero attached hydrogens (tertiary/aromatic N) is 1. The minimum Gasteiger partial charge on any atom is -0.370 e. The van der Waals surface area contributed by atoms with Crippen molar-refractivity contribution < 1.29 is 4.74 Å². The van der Waals surface area contributed by atoms with Crippen LogP contribution in [0.5, 0.6) is 0 Å². The molecule has 1 N–H and O–H groups in total. The maximum absolute atomic E-state index is 11.9. The van der Waals surface area contributed by atoms with Gasteiger partial charge in [0.2, 0.25) is 0 Å². The van der Waals surface area contributed by atoms with E-state index in [0.717, 1.165) is 18.5 Å². The first kappa shape index (κ1) is 14.7. The van der Waals surface area contributed by atoms with Crippen molar-refractivity contribution in [1.29, 1.82) is 0 Å². The fourth-order valence-electron chi connectivity index (χ4n) is 2.78. The van der Waals surface area contributed by atoms with Crippen molar-refractivity contribution in [2.24, 2.45) is 5.92 Å². The lowest BCUT2D eigenvalue weighted by Crippen LogP contribution is -2.25. The third kappa shape index (κ3) is 3.45. The average Bonchev–Trinajstić information content (AvgIpc) is 2.42. The number of halogens is 1. The molecule has 5 heteroatoms. The van der Waals surface area contributed by atoms with Gasteiger partial charge in [-0.1, -0.05) is 19.3 Å². The van der Waals surface area contributed by atoms with Gasteiger partial charge in [0, 0.05) is 6.61 Å². The van der Waals surface area contributed by atoms with Crippen LogP contribution < -0.4 is 5.56 Å². The molecule has 1 saturated carbocycles. The summed E-state index contributed by atoms with van der Waals surface area (Å²) >= 11 is 3.25. The molecule has 1 heterocycles. The highest BCUT2D eigenvalue weighted by molar-refractivity contribution is 9.10. The van der Waals surface area contributed by atoms with Gasteiger partial charge in [-0.3, -0.25) is 4.79 Å². The van der Waals surface area contributed by atoms with Crippen molar-refractivity contribution in [3.05, 3.63) is 26.3 Å². The van der Waals surface area contributed by atoms with Gasteiger partial charge in [0.15, 0.2) is 0 Å². The average molecular weight is 329 g/mol. The van der Waals surface area contributed by atoms with Gasteiger partial charge in [-0.15, -0.1) is 0 Å². The molecule has 1 unspecified atom stereocenters. The lowest BCUT2D eigenvalue weighted by atomic mass is 9.85. The molecule has 0 saturated heterocycles. The van der Waals surface area contributed by atoms with E-state index in [-0.39, 0.29) is 11.7 Å². The molecule has 2 rings (SSSR count). The van der Waals surface area contributed by atoms with Gasteiger partial charge in [-0.05, 0) is 48.5 Å². The highest BCUT2D eigenvalue weighted by Gasteiger charge is 2.27. The number of aryl methyl sites for hydroxylation is 1. The second-order valence-corrected chi connectivity index (χ2v) is 5.92. The molecule has 0 bridgehead atoms. The van der Waals surface area contributed by atoms with Crippen LogP contribution in [0.1, 0.15) is 56.7 Å². The molecule has 0 aromatic carbocycles. The molecule has 1 aliphatic rings. The van der Waals surface area contributed by atoms with Crippen LogP contribution in [0.25, 0.3) is 0 Å². The van der Waals surface area contributed by atoms with E-state index in [9.17, 15) is 4.79 Å². The molecular weight excluding hydrogens is 308 g/mol. The Balaban J connectivity index is 2.30. The highest BCUT2D eigenvalue weighted by Crippen LogP contribution is 2.35. The van der Waals surface area contributed by atoms with Crippen LogP contribution in [0.3, 0.4) is 0 Å². The summed E-state index contributed by atoms with van der Waals surface area (Å²) < 4.78 is 6.38. The molecular formula is C14H21BrN2O2. The summed E-state index contributed by atoms with van der Waals surface area (Å²) in [7, 11) is 0. The number of hydrogen-bond acceptors (Lipinski definition) is 3. The maximum atomic E-state index is 11.9. The molecule has 0 amide bonds. The Morgan fingerprint density at radius 3 is 2.68 bits per heavy atom. The molecule has 4 nitrogen and oxygen atoms in total. The minimum atomic E-state index is -0.122. The summed E-state index contributed by atoms with van der Waals surface area (Å²) in [6.07, 6.45) is 6.03. The van der Waals surface area contributed by atoms with Crippen molar-refractivity contribution in [3.8, 4) is 0 Å². The molecule has 106 valence electrons. The van der Waals surface area contributed by atoms with Gasteiger partial charge < -0.3 is 9.72 Å². The first-order chi connectivity index (χ1) is 9.13. The predicted octanol–water partition coefficient (Wildman–Crippen LogP) is 3.50. The normalized spacial score (nSPS) is 18.5. The van der Waals surface area contributed by atoms with Gasteiger partial charge in [0.1, 0.15) is 16.4 Å². The summed E-state index contributed by atoms with van der Waals surface area (Å²) in [6, 6.07) is 0. The quantitative estimate of drug-likeness (QED) is 0.920. The van der Waals surface area contributed by atoms with E-state index in [1.165, 1.54) is 19.3 Å². The number of ether oxygens (including phenoxy) is 1. The molecule has 19 heavy (non-hydrogen) atoms. The van der Waals surface area contributed by atoms with Crippen molar-refractivity contribution in [2.75, 3.05) is 6.61 Å². The highest BCUT2D eigenvalue weighted by atomic mass is 79.9. The van der Waals surface area contributed by atoms with Gasteiger partial charge in [-0.2, -0.15) is 0 Å². The van der Waals surface area contributed by atoms with Crippen LogP contribution in [-0.2, 0) is 4.74 Å². The summed E-state index contributed by atoms with van der Waals surface area (Å²) in [6.45, 7) is 4.46. The second-order valence-electron chi connectivity index (χ2n) is 5.12. The Morgan fingerprint density at radius 1 is 1.42 bits per heavy atom. The van der Waals surface area contributed by atoms with Crippen LogP contribution in [-0.4, -0.2) is 16.6 Å². The number of H-pyrrole nitrogens is 1. The lowest BCUT2D eigenvalue weighted by molar-refractivity contribution is -0.000470. The summed E-state index contributed by atoms with van der Waals surface area (Å²) in [4.78, 5) is 19.2. The topological polar surface area (TPSA) is 55.0 Å². The molecule has 0 aliphatic heterocycles.